The molecule has 0 radical (unpaired) electrons. The highest BCUT2D eigenvalue weighted by atomic mass is 16.5. The molecule has 0 aliphatic heterocycles. The average molecular weight is 361 g/mol. The van der Waals surface area contributed by atoms with Crippen LogP contribution in [0, 0.1) is 6.92 Å². The number of benzene rings is 1. The number of hydrogen-bond acceptors (Lipinski definition) is 4. The fraction of sp³-hybridized carbons (Fsp3) is 0.409. The van der Waals surface area contributed by atoms with Crippen LogP contribution in [-0.2, 0) is 0 Å². The molecule has 1 N–H and O–H groups in total. The predicted molar refractivity (Wildman–Crippen MR) is 104 cm³/mol. The van der Waals surface area contributed by atoms with Gasteiger partial charge in [-0.3, -0.25) is 4.79 Å². The second kappa shape index (κ2) is 6.48. The van der Waals surface area contributed by atoms with E-state index in [0.29, 0.717) is 22.9 Å². The first-order valence-electron chi connectivity index (χ1n) is 9.87. The third-order valence-corrected chi connectivity index (χ3v) is 5.72. The number of hydrogen-bond donors (Lipinski definition) is 1. The van der Waals surface area contributed by atoms with Gasteiger partial charge >= 0.3 is 0 Å². The quantitative estimate of drug-likeness (QED) is 0.728. The normalized spacial score (nSPS) is 17.5. The van der Waals surface area contributed by atoms with Gasteiger partial charge in [0, 0.05) is 23.2 Å². The zero-order valence-corrected chi connectivity index (χ0v) is 15.5. The number of aryl methyl sites for hydroxylation is 1. The van der Waals surface area contributed by atoms with Crippen molar-refractivity contribution in [2.45, 2.75) is 57.4 Å². The van der Waals surface area contributed by atoms with Crippen molar-refractivity contribution in [3.63, 3.8) is 0 Å². The third-order valence-electron chi connectivity index (χ3n) is 5.72. The summed E-state index contributed by atoms with van der Waals surface area (Å²) in [6.07, 6.45) is 6.74. The molecule has 0 saturated heterocycles. The van der Waals surface area contributed by atoms with E-state index in [1.165, 1.54) is 18.4 Å². The highest BCUT2D eigenvalue weighted by Crippen LogP contribution is 2.41. The Kier molecular flexibility index (Phi) is 3.96. The molecule has 2 saturated carbocycles. The maximum absolute atomic E-state index is 13.1. The van der Waals surface area contributed by atoms with Crippen LogP contribution >= 0.6 is 0 Å². The first-order chi connectivity index (χ1) is 13.2. The Labute approximate surface area is 158 Å². The molecule has 27 heavy (non-hydrogen) atoms. The van der Waals surface area contributed by atoms with E-state index in [-0.39, 0.29) is 11.9 Å². The van der Waals surface area contributed by atoms with Crippen molar-refractivity contribution in [3.8, 4) is 11.3 Å². The van der Waals surface area contributed by atoms with Crippen LogP contribution in [0.15, 0.2) is 34.9 Å². The molecule has 3 aromatic rings. The molecule has 5 nitrogen and oxygen atoms in total. The monoisotopic (exact) mass is 361 g/mol. The maximum atomic E-state index is 13.1. The number of amides is 1. The number of aromatic nitrogens is 2. The van der Waals surface area contributed by atoms with Crippen LogP contribution in [0.1, 0.15) is 66.1 Å². The van der Waals surface area contributed by atoms with E-state index in [9.17, 15) is 4.79 Å². The second-order valence-corrected chi connectivity index (χ2v) is 7.90. The van der Waals surface area contributed by atoms with Gasteiger partial charge in [0.2, 0.25) is 0 Å². The fourth-order valence-electron chi connectivity index (χ4n) is 3.98. The van der Waals surface area contributed by atoms with E-state index in [1.807, 2.05) is 30.3 Å². The molecule has 0 spiro atoms. The molecule has 0 atom stereocenters. The molecule has 2 aliphatic carbocycles. The lowest BCUT2D eigenvalue weighted by atomic mass is 10.0. The van der Waals surface area contributed by atoms with Crippen molar-refractivity contribution in [1.29, 1.82) is 0 Å². The molecular formula is C22H23N3O2. The molecule has 2 aromatic heterocycles. The number of fused-ring (bicyclic) bond motifs is 1. The second-order valence-electron chi connectivity index (χ2n) is 7.90. The summed E-state index contributed by atoms with van der Waals surface area (Å²) in [5.74, 6) is 0.410. The van der Waals surface area contributed by atoms with Crippen LogP contribution in [-0.4, -0.2) is 22.1 Å². The molecule has 1 amide bonds. The number of carbonyl (C=O) groups excluding carboxylic acids is 1. The van der Waals surface area contributed by atoms with Gasteiger partial charge in [0.1, 0.15) is 5.69 Å². The van der Waals surface area contributed by atoms with E-state index in [1.54, 1.807) is 0 Å². The van der Waals surface area contributed by atoms with E-state index < -0.39 is 0 Å². The summed E-state index contributed by atoms with van der Waals surface area (Å²) < 4.78 is 5.57. The van der Waals surface area contributed by atoms with Crippen LogP contribution in [0.3, 0.4) is 0 Å². The van der Waals surface area contributed by atoms with Crippen molar-refractivity contribution < 1.29 is 9.32 Å². The van der Waals surface area contributed by atoms with E-state index in [2.05, 4.69) is 22.4 Å². The molecule has 5 rings (SSSR count). The zero-order valence-electron chi connectivity index (χ0n) is 15.5. The van der Waals surface area contributed by atoms with Crippen LogP contribution in [0.5, 0.6) is 0 Å². The van der Waals surface area contributed by atoms with Gasteiger partial charge in [-0.05, 0) is 38.7 Å². The Morgan fingerprint density at radius 3 is 2.56 bits per heavy atom. The Morgan fingerprint density at radius 1 is 1.11 bits per heavy atom. The standard InChI is InChI=1S/C22H23N3O2/c1-13-6-8-15(9-7-13)20-19-17(21(26)23-16-4-2-3-5-16)12-18(14-10-11-14)24-22(19)27-25-20/h6-9,12,14,16H,2-5,10-11H2,1H3,(H,23,26). The SMILES string of the molecule is Cc1ccc(-c2noc3nc(C4CC4)cc(C(=O)NC4CCCC4)c23)cc1. The Morgan fingerprint density at radius 2 is 1.85 bits per heavy atom. The van der Waals surface area contributed by atoms with E-state index in [4.69, 9.17) is 4.52 Å². The van der Waals surface area contributed by atoms with Gasteiger partial charge in [-0.1, -0.05) is 47.8 Å². The van der Waals surface area contributed by atoms with Gasteiger partial charge in [-0.2, -0.15) is 0 Å². The number of nitrogens with one attached hydrogen (secondary N) is 1. The summed E-state index contributed by atoms with van der Waals surface area (Å²) in [5, 5.41) is 8.21. The van der Waals surface area contributed by atoms with E-state index in [0.717, 1.165) is 42.3 Å². The van der Waals surface area contributed by atoms with Crippen molar-refractivity contribution in [3.05, 3.63) is 47.2 Å². The van der Waals surface area contributed by atoms with Gasteiger partial charge in [0.25, 0.3) is 11.6 Å². The predicted octanol–water partition coefficient (Wildman–Crippen LogP) is 4.75. The van der Waals surface area contributed by atoms with Gasteiger partial charge in [-0.25, -0.2) is 4.98 Å². The Bertz CT molecular complexity index is 996. The zero-order chi connectivity index (χ0) is 18.4. The molecule has 0 bridgehead atoms. The molecule has 2 heterocycles. The maximum Gasteiger partial charge on any atom is 0.259 e. The summed E-state index contributed by atoms with van der Waals surface area (Å²) in [7, 11) is 0. The van der Waals surface area contributed by atoms with Crippen molar-refractivity contribution >= 4 is 17.0 Å². The minimum absolute atomic E-state index is 0.0345. The molecule has 138 valence electrons. The molecule has 1 aromatic carbocycles. The number of rotatable bonds is 4. The summed E-state index contributed by atoms with van der Waals surface area (Å²) in [4.78, 5) is 17.8. The van der Waals surface area contributed by atoms with Crippen molar-refractivity contribution in [2.24, 2.45) is 0 Å². The first-order valence-corrected chi connectivity index (χ1v) is 9.87. The molecule has 2 fully saturated rings. The topological polar surface area (TPSA) is 68.0 Å². The minimum Gasteiger partial charge on any atom is -0.349 e. The van der Waals surface area contributed by atoms with Crippen molar-refractivity contribution in [2.75, 3.05) is 0 Å². The first kappa shape index (κ1) is 16.5. The van der Waals surface area contributed by atoms with Crippen LogP contribution in [0.2, 0.25) is 0 Å². The lowest BCUT2D eigenvalue weighted by Gasteiger charge is -2.13. The van der Waals surface area contributed by atoms with Gasteiger partial charge < -0.3 is 9.84 Å². The van der Waals surface area contributed by atoms with Gasteiger partial charge in [0.15, 0.2) is 0 Å². The van der Waals surface area contributed by atoms with Gasteiger partial charge in [0.05, 0.1) is 10.9 Å². The number of carbonyl (C=O) groups is 1. The Balaban J connectivity index is 1.62. The largest absolute Gasteiger partial charge is 0.349 e. The minimum atomic E-state index is -0.0345. The van der Waals surface area contributed by atoms with Crippen LogP contribution in [0.4, 0.5) is 0 Å². The Hall–Kier alpha value is -2.69. The van der Waals surface area contributed by atoms with Crippen LogP contribution < -0.4 is 5.32 Å². The summed E-state index contributed by atoms with van der Waals surface area (Å²) >= 11 is 0. The lowest BCUT2D eigenvalue weighted by molar-refractivity contribution is 0.0939. The van der Waals surface area contributed by atoms with E-state index >= 15 is 0 Å². The molecular weight excluding hydrogens is 338 g/mol. The van der Waals surface area contributed by atoms with Crippen LogP contribution in [0.25, 0.3) is 22.4 Å². The van der Waals surface area contributed by atoms with Gasteiger partial charge in [-0.15, -0.1) is 0 Å². The average Bonchev–Trinajstić information content (AvgIpc) is 3.24. The van der Waals surface area contributed by atoms with Crippen molar-refractivity contribution in [1.82, 2.24) is 15.5 Å². The number of pyridine rings is 1. The highest BCUT2D eigenvalue weighted by Gasteiger charge is 2.30. The third kappa shape index (κ3) is 3.11. The summed E-state index contributed by atoms with van der Waals surface area (Å²) in [6, 6.07) is 10.3. The summed E-state index contributed by atoms with van der Waals surface area (Å²) in [5.41, 5.74) is 4.87. The molecule has 0 unspecified atom stereocenters. The molecule has 2 aliphatic rings. The lowest BCUT2D eigenvalue weighted by Crippen LogP contribution is -2.32. The summed E-state index contributed by atoms with van der Waals surface area (Å²) in [6.45, 7) is 2.05. The highest BCUT2D eigenvalue weighted by molar-refractivity contribution is 6.09. The number of nitrogens with zero attached hydrogens (tertiary/aromatic N) is 2. The smallest absolute Gasteiger partial charge is 0.259 e. The fourth-order valence-corrected chi connectivity index (χ4v) is 3.98. The molecule has 5 heteroatoms.